The van der Waals surface area contributed by atoms with Gasteiger partial charge in [-0.15, -0.1) is 6.58 Å². The number of hydrogen-bond donors (Lipinski definition) is 0. The van der Waals surface area contributed by atoms with Crippen LogP contribution in [0.3, 0.4) is 0 Å². The second kappa shape index (κ2) is 23.5. The van der Waals surface area contributed by atoms with Gasteiger partial charge < -0.3 is 70.7 Å². The molecule has 3 saturated heterocycles. The van der Waals surface area contributed by atoms with Crippen LogP contribution in [0.1, 0.15) is 68.7 Å². The van der Waals surface area contributed by atoms with Crippen molar-refractivity contribution in [2.24, 2.45) is 11.8 Å². The minimum absolute atomic E-state index is 0.124. The SMILES string of the molecule is C=C[C@H]1[C@H](O[C@@H]2O[C@H](CO[C@H]3O[C@H](COC(C)=O)[C@@H](OC(C)=O)[C@H](OC(C)=O)[C@H]3O[Si](C)(C)C(C)(C)C)[C@@H](OC(C)=O)[C@H](OC(C)=O)[C@H]2OC(C)=O)OC=C(C(=O)OC)[C@H]1CC1OCCO1. The first-order chi connectivity index (χ1) is 30.9. The monoisotopic (exact) mass is 960 g/mol. The van der Waals surface area contributed by atoms with Gasteiger partial charge in [-0.1, -0.05) is 26.8 Å². The van der Waals surface area contributed by atoms with Crippen LogP contribution in [0.5, 0.6) is 0 Å². The standard InChI is InChI=1S/C43H64O22Si/c1-14-27-28(17-32-52-15-16-53-32)29(39(50)51-11)18-55-40(27)64-42-37(61-26(7)49)35(59-24(5)47)33(57-22(3)45)31(63-42)20-56-41-38(65-66(12,13)43(8,9)10)36(60-25(6)48)34(58-23(4)46)30(62-41)19-54-21(2)44/h14,18,27-28,30-38,40-42H,1,15-17,19-20H2,2-13H3/t27-,28+,30-,31-,33-,34-,35+,36+,37-,38-,40+,41+,42+/m1/s1. The third-order valence-corrected chi connectivity index (χ3v) is 15.9. The van der Waals surface area contributed by atoms with Crippen molar-refractivity contribution in [3.05, 3.63) is 24.5 Å². The number of ether oxygens (including phenoxy) is 14. The molecule has 0 aromatic rings. The summed E-state index contributed by atoms with van der Waals surface area (Å²) in [4.78, 5) is 88.5. The van der Waals surface area contributed by atoms with Gasteiger partial charge in [-0.2, -0.15) is 0 Å². The van der Waals surface area contributed by atoms with Gasteiger partial charge in [0, 0.05) is 59.8 Å². The fourth-order valence-corrected chi connectivity index (χ4v) is 8.81. The Hall–Kier alpha value is -4.49. The number of esters is 7. The molecule has 3 fully saturated rings. The van der Waals surface area contributed by atoms with Crippen molar-refractivity contribution in [1.82, 2.24) is 0 Å². The van der Waals surface area contributed by atoms with Crippen molar-refractivity contribution in [3.63, 3.8) is 0 Å². The molecular weight excluding hydrogens is 897 g/mol. The first-order valence-corrected chi connectivity index (χ1v) is 24.3. The van der Waals surface area contributed by atoms with Crippen LogP contribution in [-0.4, -0.2) is 158 Å². The van der Waals surface area contributed by atoms with Gasteiger partial charge in [0.15, 0.2) is 51.4 Å². The van der Waals surface area contributed by atoms with Crippen LogP contribution in [0.2, 0.25) is 18.1 Å². The molecule has 4 aliphatic rings. The van der Waals surface area contributed by atoms with Crippen molar-refractivity contribution in [1.29, 1.82) is 0 Å². The molecule has 4 rings (SSSR count). The number of hydrogen-bond acceptors (Lipinski definition) is 22. The van der Waals surface area contributed by atoms with E-state index in [1.54, 1.807) is 0 Å². The van der Waals surface area contributed by atoms with Crippen LogP contribution in [0, 0.1) is 11.8 Å². The molecule has 372 valence electrons. The van der Waals surface area contributed by atoms with E-state index in [9.17, 15) is 33.6 Å². The third-order valence-electron chi connectivity index (χ3n) is 11.4. The predicted molar refractivity (Wildman–Crippen MR) is 223 cm³/mol. The minimum Gasteiger partial charge on any atom is -0.471 e. The summed E-state index contributed by atoms with van der Waals surface area (Å²) in [5.74, 6) is -7.10. The average molecular weight is 961 g/mol. The Morgan fingerprint density at radius 1 is 0.682 bits per heavy atom. The molecule has 22 nitrogen and oxygen atoms in total. The van der Waals surface area contributed by atoms with E-state index < -0.39 is 154 Å². The smallest absolute Gasteiger partial charge is 0.337 e. The molecule has 0 saturated carbocycles. The molecule has 0 aromatic heterocycles. The van der Waals surface area contributed by atoms with E-state index in [1.807, 2.05) is 33.9 Å². The first-order valence-electron chi connectivity index (χ1n) is 21.4. The Kier molecular flexibility index (Phi) is 19.3. The maximum absolute atomic E-state index is 13.0. The third kappa shape index (κ3) is 14.3. The summed E-state index contributed by atoms with van der Waals surface area (Å²) in [5.41, 5.74) is 0.124. The van der Waals surface area contributed by atoms with Crippen LogP contribution in [0.15, 0.2) is 24.5 Å². The summed E-state index contributed by atoms with van der Waals surface area (Å²) in [7, 11) is -1.66. The van der Waals surface area contributed by atoms with E-state index in [4.69, 9.17) is 70.7 Å². The fraction of sp³-hybridized carbons (Fsp3) is 0.744. The zero-order valence-corrected chi connectivity index (χ0v) is 40.5. The summed E-state index contributed by atoms with van der Waals surface area (Å²) in [6.45, 7) is 19.9. The van der Waals surface area contributed by atoms with Crippen molar-refractivity contribution < 1.29 is 104 Å². The van der Waals surface area contributed by atoms with E-state index >= 15 is 0 Å². The lowest BCUT2D eigenvalue weighted by atomic mass is 9.81. The molecule has 13 atom stereocenters. The predicted octanol–water partition coefficient (Wildman–Crippen LogP) is 2.68. The molecule has 0 radical (unpaired) electrons. The van der Waals surface area contributed by atoms with Crippen LogP contribution < -0.4 is 0 Å². The molecule has 0 aliphatic carbocycles. The molecule has 0 aromatic carbocycles. The molecule has 66 heavy (non-hydrogen) atoms. The van der Waals surface area contributed by atoms with Gasteiger partial charge >= 0.3 is 41.8 Å². The molecule has 0 bridgehead atoms. The van der Waals surface area contributed by atoms with E-state index in [0.717, 1.165) is 47.8 Å². The van der Waals surface area contributed by atoms with Gasteiger partial charge in [0.1, 0.15) is 24.9 Å². The Labute approximate surface area is 384 Å². The van der Waals surface area contributed by atoms with E-state index in [-0.39, 0.29) is 12.0 Å². The van der Waals surface area contributed by atoms with Gasteiger partial charge in [-0.25, -0.2) is 4.79 Å². The van der Waals surface area contributed by atoms with Gasteiger partial charge in [-0.3, -0.25) is 28.8 Å². The van der Waals surface area contributed by atoms with E-state index in [2.05, 4.69) is 6.58 Å². The molecule has 4 aliphatic heterocycles. The highest BCUT2D eigenvalue weighted by Gasteiger charge is 2.57. The summed E-state index contributed by atoms with van der Waals surface area (Å²) < 4.78 is 88.7. The largest absolute Gasteiger partial charge is 0.471 e. The van der Waals surface area contributed by atoms with Crippen molar-refractivity contribution in [2.75, 3.05) is 33.5 Å². The van der Waals surface area contributed by atoms with Crippen LogP contribution in [-0.2, 0) is 104 Å². The highest BCUT2D eigenvalue weighted by molar-refractivity contribution is 6.74. The Balaban J connectivity index is 1.81. The van der Waals surface area contributed by atoms with Gasteiger partial charge in [-0.05, 0) is 18.1 Å². The zero-order valence-electron chi connectivity index (χ0n) is 39.5. The Morgan fingerprint density at radius 2 is 1.17 bits per heavy atom. The normalized spacial score (nSPS) is 31.5. The molecule has 23 heteroatoms. The lowest BCUT2D eigenvalue weighted by molar-refractivity contribution is -0.353. The number of rotatable bonds is 18. The van der Waals surface area contributed by atoms with Crippen molar-refractivity contribution in [3.8, 4) is 0 Å². The Bertz CT molecular complexity index is 1790. The number of carbonyl (C=O) groups excluding carboxylic acids is 7. The minimum atomic E-state index is -2.87. The van der Waals surface area contributed by atoms with E-state index in [0.29, 0.717) is 13.2 Å². The first kappa shape index (κ1) is 54.1. The van der Waals surface area contributed by atoms with Crippen molar-refractivity contribution in [2.45, 2.75) is 161 Å². The van der Waals surface area contributed by atoms with Crippen molar-refractivity contribution >= 4 is 50.1 Å². The average Bonchev–Trinajstić information content (AvgIpc) is 3.72. The second-order valence-corrected chi connectivity index (χ2v) is 22.2. The lowest BCUT2D eigenvalue weighted by Gasteiger charge is -2.49. The van der Waals surface area contributed by atoms with Gasteiger partial charge in [0.2, 0.25) is 12.6 Å². The molecule has 0 spiro atoms. The fourth-order valence-electron chi connectivity index (χ4n) is 7.53. The Morgan fingerprint density at radius 3 is 1.65 bits per heavy atom. The second-order valence-electron chi connectivity index (χ2n) is 17.5. The summed E-state index contributed by atoms with van der Waals surface area (Å²) >= 11 is 0. The highest BCUT2D eigenvalue weighted by Crippen LogP contribution is 2.42. The van der Waals surface area contributed by atoms with Crippen LogP contribution >= 0.6 is 0 Å². The zero-order chi connectivity index (χ0) is 49.3. The van der Waals surface area contributed by atoms with E-state index in [1.165, 1.54) is 13.2 Å². The molecule has 0 N–H and O–H groups in total. The lowest BCUT2D eigenvalue weighted by Crippen LogP contribution is -2.66. The quantitative estimate of drug-likeness (QED) is 0.0828. The highest BCUT2D eigenvalue weighted by atomic mass is 28.4. The van der Waals surface area contributed by atoms with Gasteiger partial charge in [0.05, 0.1) is 38.8 Å². The number of methoxy groups -OCH3 is 1. The molecular formula is C43H64O22Si. The van der Waals surface area contributed by atoms with Gasteiger partial charge in [0.25, 0.3) is 0 Å². The summed E-state index contributed by atoms with van der Waals surface area (Å²) in [6.07, 6.45) is -14.1. The van der Waals surface area contributed by atoms with Crippen LogP contribution in [0.4, 0.5) is 0 Å². The topological polar surface area (TPSA) is 258 Å². The molecule has 0 unspecified atom stereocenters. The number of carbonyl (C=O) groups is 7. The van der Waals surface area contributed by atoms with Crippen LogP contribution in [0.25, 0.3) is 0 Å². The summed E-state index contributed by atoms with van der Waals surface area (Å²) in [6, 6.07) is 0. The molecule has 4 heterocycles. The summed E-state index contributed by atoms with van der Waals surface area (Å²) in [5, 5.41) is -0.447. The molecule has 0 amide bonds. The maximum atomic E-state index is 13.0. The maximum Gasteiger partial charge on any atom is 0.337 e.